The molecule has 2 aromatic heterocycles. The molecule has 0 unspecified atom stereocenters. The quantitative estimate of drug-likeness (QED) is 0.475. The molecule has 0 saturated carbocycles. The van der Waals surface area contributed by atoms with Gasteiger partial charge in [-0.2, -0.15) is 5.10 Å². The van der Waals surface area contributed by atoms with Gasteiger partial charge in [0.15, 0.2) is 17.3 Å². The van der Waals surface area contributed by atoms with E-state index in [2.05, 4.69) is 20.5 Å². The molecule has 0 radical (unpaired) electrons. The van der Waals surface area contributed by atoms with Gasteiger partial charge in [0.1, 0.15) is 12.4 Å². The molecule has 0 amide bonds. The largest absolute Gasteiger partial charge is 0.493 e. The topological polar surface area (TPSA) is 92.0 Å². The van der Waals surface area contributed by atoms with Gasteiger partial charge in [-0.3, -0.25) is 9.89 Å². The van der Waals surface area contributed by atoms with Crippen molar-refractivity contribution in [2.75, 3.05) is 12.4 Å². The van der Waals surface area contributed by atoms with Crippen LogP contribution < -0.4 is 20.3 Å². The van der Waals surface area contributed by atoms with Crippen molar-refractivity contribution in [2.24, 2.45) is 0 Å². The first-order chi connectivity index (χ1) is 13.6. The summed E-state index contributed by atoms with van der Waals surface area (Å²) in [5, 5.41) is 11.3. The number of aryl methyl sites for hydroxylation is 1. The zero-order valence-electron chi connectivity index (χ0n) is 15.6. The third-order valence-electron chi connectivity index (χ3n) is 4.33. The lowest BCUT2D eigenvalue weighted by molar-refractivity contribution is 0.285. The Bertz CT molecular complexity index is 1170. The second-order valence-electron chi connectivity index (χ2n) is 6.44. The van der Waals surface area contributed by atoms with Crippen LogP contribution in [-0.2, 0) is 6.61 Å². The number of hydrogen-bond acceptors (Lipinski definition) is 5. The number of methoxy groups -OCH3 is 1. The smallest absolute Gasteiger partial charge is 0.257 e. The van der Waals surface area contributed by atoms with Gasteiger partial charge in [-0.1, -0.05) is 30.3 Å². The van der Waals surface area contributed by atoms with Crippen LogP contribution in [0.25, 0.3) is 10.8 Å². The van der Waals surface area contributed by atoms with E-state index in [0.717, 1.165) is 16.6 Å². The molecule has 4 aromatic rings. The second-order valence-corrected chi connectivity index (χ2v) is 6.44. The molecule has 0 aliphatic rings. The highest BCUT2D eigenvalue weighted by Crippen LogP contribution is 2.32. The lowest BCUT2D eigenvalue weighted by atomic mass is 10.1. The van der Waals surface area contributed by atoms with E-state index in [-0.39, 0.29) is 5.56 Å². The predicted molar refractivity (Wildman–Crippen MR) is 109 cm³/mol. The van der Waals surface area contributed by atoms with Gasteiger partial charge in [-0.05, 0) is 36.1 Å². The monoisotopic (exact) mass is 376 g/mol. The highest BCUT2D eigenvalue weighted by Gasteiger charge is 2.11. The first-order valence-electron chi connectivity index (χ1n) is 8.83. The average molecular weight is 376 g/mol. The molecule has 0 spiro atoms. The van der Waals surface area contributed by atoms with Gasteiger partial charge in [0.25, 0.3) is 5.56 Å². The summed E-state index contributed by atoms with van der Waals surface area (Å²) in [6, 6.07) is 17.1. The zero-order valence-corrected chi connectivity index (χ0v) is 15.6. The lowest BCUT2D eigenvalue weighted by Crippen LogP contribution is -2.09. The minimum atomic E-state index is -0.222. The molecule has 0 aliphatic carbocycles. The molecule has 0 saturated heterocycles. The molecule has 2 heterocycles. The third-order valence-corrected chi connectivity index (χ3v) is 4.33. The van der Waals surface area contributed by atoms with Gasteiger partial charge in [-0.25, -0.2) is 0 Å². The lowest BCUT2D eigenvalue weighted by Gasteiger charge is -2.13. The molecular weight excluding hydrogens is 356 g/mol. The van der Waals surface area contributed by atoms with Crippen molar-refractivity contribution < 1.29 is 9.47 Å². The van der Waals surface area contributed by atoms with E-state index < -0.39 is 0 Å². The van der Waals surface area contributed by atoms with Gasteiger partial charge in [0.05, 0.1) is 12.5 Å². The number of fused-ring (bicyclic) bond motifs is 1. The van der Waals surface area contributed by atoms with Crippen LogP contribution in [-0.4, -0.2) is 22.3 Å². The Morgan fingerprint density at radius 3 is 2.61 bits per heavy atom. The molecule has 3 N–H and O–H groups in total. The summed E-state index contributed by atoms with van der Waals surface area (Å²) in [7, 11) is 1.56. The Hall–Kier alpha value is -3.74. The summed E-state index contributed by atoms with van der Waals surface area (Å²) in [4.78, 5) is 15.4. The first-order valence-corrected chi connectivity index (χ1v) is 8.83. The maximum Gasteiger partial charge on any atom is 0.257 e. The van der Waals surface area contributed by atoms with Crippen LogP contribution in [0.2, 0.25) is 0 Å². The summed E-state index contributed by atoms with van der Waals surface area (Å²) >= 11 is 0. The molecule has 142 valence electrons. The van der Waals surface area contributed by atoms with Crippen LogP contribution in [0.1, 0.15) is 11.3 Å². The molecule has 2 aromatic carbocycles. The van der Waals surface area contributed by atoms with E-state index in [0.29, 0.717) is 35.1 Å². The van der Waals surface area contributed by atoms with Crippen molar-refractivity contribution in [1.29, 1.82) is 0 Å². The number of benzene rings is 2. The van der Waals surface area contributed by atoms with Crippen molar-refractivity contribution in [1.82, 2.24) is 15.2 Å². The van der Waals surface area contributed by atoms with Crippen LogP contribution in [0.15, 0.2) is 59.4 Å². The Morgan fingerprint density at radius 2 is 1.89 bits per heavy atom. The predicted octanol–water partition coefficient (Wildman–Crippen LogP) is 3.89. The molecule has 0 aliphatic heterocycles. The maximum atomic E-state index is 12.5. The number of rotatable bonds is 6. The minimum absolute atomic E-state index is 0.222. The third kappa shape index (κ3) is 3.68. The summed E-state index contributed by atoms with van der Waals surface area (Å²) in [6.07, 6.45) is 0. The van der Waals surface area contributed by atoms with E-state index in [9.17, 15) is 4.79 Å². The van der Waals surface area contributed by atoms with Crippen LogP contribution >= 0.6 is 0 Å². The fourth-order valence-electron chi connectivity index (χ4n) is 2.97. The number of hydrogen-bond donors (Lipinski definition) is 3. The fraction of sp³-hybridized carbons (Fsp3) is 0.143. The van der Waals surface area contributed by atoms with Crippen molar-refractivity contribution in [3.8, 4) is 11.5 Å². The maximum absolute atomic E-state index is 12.5. The van der Waals surface area contributed by atoms with E-state index in [1.807, 2.05) is 55.5 Å². The SMILES string of the molecule is COc1cc2c(=O)[nH]c(Nc3cc(C)[nH]n3)cc2cc1OCc1ccccc1. The van der Waals surface area contributed by atoms with Crippen molar-refractivity contribution in [2.45, 2.75) is 13.5 Å². The van der Waals surface area contributed by atoms with E-state index in [1.165, 1.54) is 0 Å². The molecule has 7 nitrogen and oxygen atoms in total. The normalized spacial score (nSPS) is 10.8. The van der Waals surface area contributed by atoms with Crippen LogP contribution in [0.5, 0.6) is 11.5 Å². The number of nitrogens with one attached hydrogen (secondary N) is 3. The van der Waals surface area contributed by atoms with Gasteiger partial charge in [0, 0.05) is 11.8 Å². The highest BCUT2D eigenvalue weighted by molar-refractivity contribution is 5.87. The number of aromatic nitrogens is 3. The van der Waals surface area contributed by atoms with Gasteiger partial charge >= 0.3 is 0 Å². The summed E-state index contributed by atoms with van der Waals surface area (Å²) in [5.41, 5.74) is 1.75. The van der Waals surface area contributed by atoms with Crippen LogP contribution in [0.4, 0.5) is 11.6 Å². The Kier molecular flexibility index (Phi) is 4.72. The molecule has 4 rings (SSSR count). The Labute approximate surface area is 161 Å². The standard InChI is InChI=1S/C21H20N4O3/c1-13-8-20(25-24-13)22-19-10-15-9-18(28-12-14-6-4-3-5-7-14)17(27-2)11-16(15)21(26)23-19/h3-11H,12H2,1-2H3,(H3,22,23,24,25,26). The summed E-state index contributed by atoms with van der Waals surface area (Å²) in [6.45, 7) is 2.31. The second kappa shape index (κ2) is 7.48. The molecule has 7 heteroatoms. The number of H-pyrrole nitrogens is 2. The van der Waals surface area contributed by atoms with Crippen LogP contribution in [0.3, 0.4) is 0 Å². The minimum Gasteiger partial charge on any atom is -0.493 e. The summed E-state index contributed by atoms with van der Waals surface area (Å²) in [5.74, 6) is 2.26. The van der Waals surface area contributed by atoms with Crippen molar-refractivity contribution >= 4 is 22.4 Å². The number of ether oxygens (including phenoxy) is 2. The first kappa shape index (κ1) is 17.7. The van der Waals surface area contributed by atoms with Gasteiger partial charge in [-0.15, -0.1) is 0 Å². The number of nitrogens with zero attached hydrogens (tertiary/aromatic N) is 1. The Balaban J connectivity index is 1.68. The van der Waals surface area contributed by atoms with Crippen LogP contribution in [0, 0.1) is 6.92 Å². The number of anilines is 2. The highest BCUT2D eigenvalue weighted by atomic mass is 16.5. The Morgan fingerprint density at radius 1 is 1.07 bits per heavy atom. The van der Waals surface area contributed by atoms with Crippen molar-refractivity contribution in [3.63, 3.8) is 0 Å². The molecular formula is C21H20N4O3. The average Bonchev–Trinajstić information content (AvgIpc) is 3.11. The van der Waals surface area contributed by atoms with Gasteiger partial charge < -0.3 is 19.8 Å². The van der Waals surface area contributed by atoms with E-state index >= 15 is 0 Å². The molecule has 28 heavy (non-hydrogen) atoms. The van der Waals surface area contributed by atoms with Gasteiger partial charge in [0.2, 0.25) is 0 Å². The number of aromatic amines is 2. The van der Waals surface area contributed by atoms with Crippen molar-refractivity contribution in [3.05, 3.63) is 76.2 Å². The molecule has 0 bridgehead atoms. The fourth-order valence-corrected chi connectivity index (χ4v) is 2.97. The molecule has 0 atom stereocenters. The van der Waals surface area contributed by atoms with E-state index in [1.54, 1.807) is 13.2 Å². The molecule has 0 fully saturated rings. The number of pyridine rings is 1. The van der Waals surface area contributed by atoms with E-state index in [4.69, 9.17) is 9.47 Å². The summed E-state index contributed by atoms with van der Waals surface area (Å²) < 4.78 is 11.4. The zero-order chi connectivity index (χ0) is 19.5.